The highest BCUT2D eigenvalue weighted by atomic mass is 16.6. The van der Waals surface area contributed by atoms with Crippen LogP contribution in [0, 0.1) is 5.92 Å². The zero-order chi connectivity index (χ0) is 15.5. The van der Waals surface area contributed by atoms with Crippen LogP contribution in [-0.2, 0) is 19.7 Å². The number of ether oxygens (including phenoxy) is 1. The Morgan fingerprint density at radius 3 is 2.57 bits per heavy atom. The van der Waals surface area contributed by atoms with Gasteiger partial charge in [-0.05, 0) is 12.0 Å². The second kappa shape index (κ2) is 6.42. The van der Waals surface area contributed by atoms with E-state index in [9.17, 15) is 9.59 Å². The monoisotopic (exact) mass is 288 g/mol. The number of benzene rings is 1. The van der Waals surface area contributed by atoms with E-state index in [0.717, 1.165) is 24.8 Å². The SMILES string of the molecule is CCCC[C@H]1C[C@@](C(=O)C(C)C)(c2ccccc2)C(=O)O1. The summed E-state index contributed by atoms with van der Waals surface area (Å²) in [7, 11) is 0. The summed E-state index contributed by atoms with van der Waals surface area (Å²) in [5, 5.41) is 0. The average molecular weight is 288 g/mol. The summed E-state index contributed by atoms with van der Waals surface area (Å²) < 4.78 is 5.55. The van der Waals surface area contributed by atoms with Crippen molar-refractivity contribution in [3.05, 3.63) is 35.9 Å². The molecule has 2 atom stereocenters. The van der Waals surface area contributed by atoms with E-state index in [1.165, 1.54) is 0 Å². The molecule has 3 nitrogen and oxygen atoms in total. The number of esters is 1. The highest BCUT2D eigenvalue weighted by molar-refractivity contribution is 6.11. The van der Waals surface area contributed by atoms with Crippen molar-refractivity contribution in [1.82, 2.24) is 0 Å². The summed E-state index contributed by atoms with van der Waals surface area (Å²) in [6.45, 7) is 5.81. The number of Topliss-reactive ketones (excluding diaryl/α,β-unsaturated/α-hetero) is 1. The van der Waals surface area contributed by atoms with Gasteiger partial charge in [0.05, 0.1) is 0 Å². The van der Waals surface area contributed by atoms with Crippen molar-refractivity contribution < 1.29 is 14.3 Å². The normalized spacial score (nSPS) is 25.1. The lowest BCUT2D eigenvalue weighted by Crippen LogP contribution is -2.43. The first-order valence-electron chi connectivity index (χ1n) is 7.83. The fraction of sp³-hybridized carbons (Fsp3) is 0.556. The fourth-order valence-electron chi connectivity index (χ4n) is 3.11. The van der Waals surface area contributed by atoms with Crippen LogP contribution in [0.15, 0.2) is 30.3 Å². The molecule has 1 aliphatic rings. The molecule has 0 radical (unpaired) electrons. The first-order chi connectivity index (χ1) is 10.0. The number of carbonyl (C=O) groups excluding carboxylic acids is 2. The zero-order valence-electron chi connectivity index (χ0n) is 13.1. The quantitative estimate of drug-likeness (QED) is 0.592. The highest BCUT2D eigenvalue weighted by Gasteiger charge is 2.55. The second-order valence-electron chi connectivity index (χ2n) is 6.16. The lowest BCUT2D eigenvalue weighted by atomic mass is 9.71. The van der Waals surface area contributed by atoms with E-state index in [-0.39, 0.29) is 23.8 Å². The van der Waals surface area contributed by atoms with Crippen LogP contribution in [0.3, 0.4) is 0 Å². The van der Waals surface area contributed by atoms with Crippen LogP contribution in [0.1, 0.15) is 52.0 Å². The van der Waals surface area contributed by atoms with E-state index in [1.807, 2.05) is 44.2 Å². The van der Waals surface area contributed by atoms with Gasteiger partial charge in [0.1, 0.15) is 6.10 Å². The Labute approximate surface area is 126 Å². The molecule has 0 N–H and O–H groups in total. The van der Waals surface area contributed by atoms with E-state index in [2.05, 4.69) is 6.92 Å². The van der Waals surface area contributed by atoms with Gasteiger partial charge in [0.25, 0.3) is 0 Å². The van der Waals surface area contributed by atoms with Gasteiger partial charge in [-0.15, -0.1) is 0 Å². The van der Waals surface area contributed by atoms with Gasteiger partial charge in [0.2, 0.25) is 0 Å². The van der Waals surface area contributed by atoms with Crippen molar-refractivity contribution in [3.63, 3.8) is 0 Å². The summed E-state index contributed by atoms with van der Waals surface area (Å²) in [6.07, 6.45) is 3.25. The van der Waals surface area contributed by atoms with E-state index < -0.39 is 5.41 Å². The molecule has 1 aromatic carbocycles. The molecule has 1 heterocycles. The van der Waals surface area contributed by atoms with E-state index in [1.54, 1.807) is 0 Å². The fourth-order valence-corrected chi connectivity index (χ4v) is 3.11. The smallest absolute Gasteiger partial charge is 0.324 e. The van der Waals surface area contributed by atoms with E-state index >= 15 is 0 Å². The molecule has 21 heavy (non-hydrogen) atoms. The van der Waals surface area contributed by atoms with Crippen LogP contribution in [0.2, 0.25) is 0 Å². The van der Waals surface area contributed by atoms with Gasteiger partial charge in [-0.1, -0.05) is 63.9 Å². The molecule has 0 aromatic heterocycles. The van der Waals surface area contributed by atoms with Crippen molar-refractivity contribution in [2.75, 3.05) is 0 Å². The van der Waals surface area contributed by atoms with Gasteiger partial charge >= 0.3 is 5.97 Å². The molecule has 0 saturated carbocycles. The minimum Gasteiger partial charge on any atom is -0.461 e. The highest BCUT2D eigenvalue weighted by Crippen LogP contribution is 2.41. The van der Waals surface area contributed by atoms with Crippen LogP contribution >= 0.6 is 0 Å². The molecule has 0 spiro atoms. The molecular weight excluding hydrogens is 264 g/mol. The summed E-state index contributed by atoms with van der Waals surface area (Å²) in [4.78, 5) is 25.4. The molecule has 1 aliphatic heterocycles. The first kappa shape index (κ1) is 15.7. The van der Waals surface area contributed by atoms with Gasteiger partial charge < -0.3 is 4.74 Å². The number of cyclic esters (lactones) is 1. The second-order valence-corrected chi connectivity index (χ2v) is 6.16. The third-order valence-corrected chi connectivity index (χ3v) is 4.25. The zero-order valence-corrected chi connectivity index (χ0v) is 13.1. The third-order valence-electron chi connectivity index (χ3n) is 4.25. The standard InChI is InChI=1S/C18H24O3/c1-4-5-11-15-12-18(17(20)21-15,16(19)13(2)3)14-9-7-6-8-10-14/h6-10,13,15H,4-5,11-12H2,1-3H3/t15-,18-/m0/s1. The number of hydrogen-bond donors (Lipinski definition) is 0. The molecule has 1 aromatic rings. The largest absolute Gasteiger partial charge is 0.461 e. The van der Waals surface area contributed by atoms with Crippen molar-refractivity contribution >= 4 is 11.8 Å². The minimum atomic E-state index is -1.10. The van der Waals surface area contributed by atoms with Gasteiger partial charge in [0.15, 0.2) is 11.2 Å². The third kappa shape index (κ3) is 2.87. The van der Waals surface area contributed by atoms with E-state index in [4.69, 9.17) is 4.74 Å². The Morgan fingerprint density at radius 1 is 1.33 bits per heavy atom. The minimum absolute atomic E-state index is 0.0299. The summed E-state index contributed by atoms with van der Waals surface area (Å²) >= 11 is 0. The van der Waals surface area contributed by atoms with Gasteiger partial charge in [-0.2, -0.15) is 0 Å². The molecule has 0 aliphatic carbocycles. The molecule has 2 rings (SSSR count). The maximum absolute atomic E-state index is 12.8. The molecule has 1 fully saturated rings. The first-order valence-corrected chi connectivity index (χ1v) is 7.83. The lowest BCUT2D eigenvalue weighted by molar-refractivity contribution is -0.149. The predicted octanol–water partition coefficient (Wildman–Crippen LogP) is 3.66. The van der Waals surface area contributed by atoms with Crippen molar-refractivity contribution in [2.24, 2.45) is 5.92 Å². The predicted molar refractivity (Wildman–Crippen MR) is 82.0 cm³/mol. The number of carbonyl (C=O) groups is 2. The Bertz CT molecular complexity index is 506. The van der Waals surface area contributed by atoms with Gasteiger partial charge in [-0.3, -0.25) is 9.59 Å². The van der Waals surface area contributed by atoms with Crippen LogP contribution < -0.4 is 0 Å². The summed E-state index contributed by atoms with van der Waals surface area (Å²) in [5.74, 6) is -0.589. The van der Waals surface area contributed by atoms with E-state index in [0.29, 0.717) is 6.42 Å². The Morgan fingerprint density at radius 2 is 2.00 bits per heavy atom. The Hall–Kier alpha value is -1.64. The van der Waals surface area contributed by atoms with Crippen LogP contribution in [-0.4, -0.2) is 17.9 Å². The number of ketones is 1. The molecule has 114 valence electrons. The topological polar surface area (TPSA) is 43.4 Å². The molecule has 0 unspecified atom stereocenters. The Balaban J connectivity index is 2.39. The molecule has 3 heteroatoms. The summed E-state index contributed by atoms with van der Waals surface area (Å²) in [6, 6.07) is 9.37. The van der Waals surface area contributed by atoms with Crippen molar-refractivity contribution in [2.45, 2.75) is 58.0 Å². The molecular formula is C18H24O3. The number of unbranched alkanes of at least 4 members (excludes halogenated alkanes) is 1. The maximum atomic E-state index is 12.8. The van der Waals surface area contributed by atoms with Gasteiger partial charge in [0, 0.05) is 12.3 Å². The molecule has 0 bridgehead atoms. The lowest BCUT2D eigenvalue weighted by Gasteiger charge is -2.25. The van der Waals surface area contributed by atoms with Crippen LogP contribution in [0.4, 0.5) is 0 Å². The van der Waals surface area contributed by atoms with Gasteiger partial charge in [-0.25, -0.2) is 0 Å². The van der Waals surface area contributed by atoms with Crippen LogP contribution in [0.5, 0.6) is 0 Å². The van der Waals surface area contributed by atoms with Crippen molar-refractivity contribution in [3.8, 4) is 0 Å². The molecule has 0 amide bonds. The summed E-state index contributed by atoms with van der Waals surface area (Å²) in [5.41, 5.74) is -0.332. The number of rotatable bonds is 6. The Kier molecular flexibility index (Phi) is 4.81. The number of hydrogen-bond acceptors (Lipinski definition) is 3. The van der Waals surface area contributed by atoms with Crippen LogP contribution in [0.25, 0.3) is 0 Å². The van der Waals surface area contributed by atoms with Crippen molar-refractivity contribution in [1.29, 1.82) is 0 Å². The maximum Gasteiger partial charge on any atom is 0.324 e. The average Bonchev–Trinajstić information content (AvgIpc) is 2.82. The molecule has 1 saturated heterocycles.